The van der Waals surface area contributed by atoms with Crippen molar-refractivity contribution in [2.45, 2.75) is 11.1 Å². The van der Waals surface area contributed by atoms with Crippen LogP contribution in [0.1, 0.15) is 10.4 Å². The number of nitrogens with zero attached hydrogens (tertiary/aromatic N) is 3. The van der Waals surface area contributed by atoms with Crippen LogP contribution in [0.5, 0.6) is 0 Å². The Morgan fingerprint density at radius 3 is 2.85 bits per heavy atom. The van der Waals surface area contributed by atoms with Gasteiger partial charge in [-0.2, -0.15) is 9.57 Å². The van der Waals surface area contributed by atoms with E-state index in [-0.39, 0.29) is 30.3 Å². The maximum Gasteiger partial charge on any atom is 0.337 e. The minimum atomic E-state index is -3.85. The second-order valence-corrected chi connectivity index (χ2v) is 5.93. The van der Waals surface area contributed by atoms with Gasteiger partial charge in [-0.3, -0.25) is 0 Å². The molecule has 1 aromatic rings. The molecule has 9 heteroatoms. The number of sulfonamides is 1. The van der Waals surface area contributed by atoms with Crippen molar-refractivity contribution in [1.29, 1.82) is 5.26 Å². The fraction of sp³-hybridized carbons (Fsp3) is 0.364. The lowest BCUT2D eigenvalue weighted by molar-refractivity contribution is 0.0310. The fourth-order valence-electron chi connectivity index (χ4n) is 1.71. The molecule has 1 unspecified atom stereocenters. The van der Waals surface area contributed by atoms with Crippen LogP contribution in [0, 0.1) is 11.3 Å². The Hall–Kier alpha value is -2.02. The number of rotatable bonds is 3. The average molecular weight is 297 g/mol. The normalized spacial score (nSPS) is 20.2. The number of hydrogen-bond donors (Lipinski definition) is 1. The standard InChI is InChI=1S/C11H11N3O5S/c12-5-9-7-14(3-4-19-9)20(17,18)10-2-1-8(6-13-10)11(15)16/h1-2,6,9H,3-4,7H2,(H,15,16). The van der Waals surface area contributed by atoms with Gasteiger partial charge in [0, 0.05) is 12.7 Å². The van der Waals surface area contributed by atoms with Crippen LogP contribution in [0.2, 0.25) is 0 Å². The summed E-state index contributed by atoms with van der Waals surface area (Å²) >= 11 is 0. The maximum absolute atomic E-state index is 12.3. The van der Waals surface area contributed by atoms with Gasteiger partial charge < -0.3 is 9.84 Å². The van der Waals surface area contributed by atoms with Crippen molar-refractivity contribution >= 4 is 16.0 Å². The smallest absolute Gasteiger partial charge is 0.337 e. The molecule has 0 amide bonds. The predicted molar refractivity (Wildman–Crippen MR) is 65.3 cm³/mol. The summed E-state index contributed by atoms with van der Waals surface area (Å²) in [6.07, 6.45) is 0.175. The third-order valence-electron chi connectivity index (χ3n) is 2.76. The number of morpholine rings is 1. The van der Waals surface area contributed by atoms with Crippen molar-refractivity contribution in [2.24, 2.45) is 0 Å². The summed E-state index contributed by atoms with van der Waals surface area (Å²) in [7, 11) is -3.85. The van der Waals surface area contributed by atoms with E-state index in [1.165, 1.54) is 6.07 Å². The number of carboxylic acids is 1. The van der Waals surface area contributed by atoms with E-state index in [1.807, 2.05) is 6.07 Å². The van der Waals surface area contributed by atoms with Crippen LogP contribution in [0.15, 0.2) is 23.4 Å². The van der Waals surface area contributed by atoms with E-state index >= 15 is 0 Å². The van der Waals surface area contributed by atoms with Crippen molar-refractivity contribution in [3.8, 4) is 6.07 Å². The average Bonchev–Trinajstić information content (AvgIpc) is 2.47. The van der Waals surface area contributed by atoms with Crippen LogP contribution in [0.25, 0.3) is 0 Å². The van der Waals surface area contributed by atoms with Gasteiger partial charge in [-0.25, -0.2) is 18.2 Å². The van der Waals surface area contributed by atoms with Crippen molar-refractivity contribution in [2.75, 3.05) is 19.7 Å². The zero-order chi connectivity index (χ0) is 14.8. The number of ether oxygens (including phenoxy) is 1. The van der Waals surface area contributed by atoms with E-state index in [0.29, 0.717) is 0 Å². The third kappa shape index (κ3) is 2.77. The lowest BCUT2D eigenvalue weighted by Crippen LogP contribution is -2.45. The second-order valence-electron chi connectivity index (χ2n) is 4.04. The van der Waals surface area contributed by atoms with Crippen molar-refractivity contribution in [3.05, 3.63) is 23.9 Å². The largest absolute Gasteiger partial charge is 0.478 e. The summed E-state index contributed by atoms with van der Waals surface area (Å²) in [6.45, 7) is 0.189. The van der Waals surface area contributed by atoms with E-state index < -0.39 is 22.1 Å². The molecule has 1 atom stereocenters. The molecular weight excluding hydrogens is 286 g/mol. The summed E-state index contributed by atoms with van der Waals surface area (Å²) in [5.41, 5.74) is -0.0965. The molecule has 2 rings (SSSR count). The number of carbonyl (C=O) groups is 1. The first kappa shape index (κ1) is 14.4. The Labute approximate surface area is 115 Å². The Morgan fingerprint density at radius 2 is 2.30 bits per heavy atom. The number of carboxylic acid groups (broad SMARTS) is 1. The van der Waals surface area contributed by atoms with Gasteiger partial charge in [0.2, 0.25) is 0 Å². The molecule has 0 aromatic carbocycles. The minimum Gasteiger partial charge on any atom is -0.478 e. The number of aromatic nitrogens is 1. The van der Waals surface area contributed by atoms with Crippen molar-refractivity contribution in [3.63, 3.8) is 0 Å². The van der Waals surface area contributed by atoms with Gasteiger partial charge in [-0.1, -0.05) is 0 Å². The Morgan fingerprint density at radius 1 is 1.55 bits per heavy atom. The first-order chi connectivity index (χ1) is 9.45. The number of hydrogen-bond acceptors (Lipinski definition) is 6. The molecule has 1 N–H and O–H groups in total. The summed E-state index contributed by atoms with van der Waals surface area (Å²) in [5, 5.41) is 17.3. The molecule has 1 aliphatic heterocycles. The number of nitriles is 1. The highest BCUT2D eigenvalue weighted by Gasteiger charge is 2.31. The van der Waals surface area contributed by atoms with E-state index in [1.54, 1.807) is 0 Å². The molecule has 8 nitrogen and oxygen atoms in total. The summed E-state index contributed by atoms with van der Waals surface area (Å²) in [4.78, 5) is 14.4. The molecule has 106 valence electrons. The molecule has 20 heavy (non-hydrogen) atoms. The zero-order valence-electron chi connectivity index (χ0n) is 10.3. The molecule has 0 spiro atoms. The zero-order valence-corrected chi connectivity index (χ0v) is 11.1. The van der Waals surface area contributed by atoms with Gasteiger partial charge in [0.15, 0.2) is 11.1 Å². The molecule has 0 aliphatic carbocycles. The SMILES string of the molecule is N#CC1CN(S(=O)(=O)c2ccc(C(=O)O)cn2)CCO1. The highest BCUT2D eigenvalue weighted by Crippen LogP contribution is 2.17. The van der Waals surface area contributed by atoms with E-state index in [9.17, 15) is 13.2 Å². The highest BCUT2D eigenvalue weighted by molar-refractivity contribution is 7.89. The van der Waals surface area contributed by atoms with Crippen LogP contribution in [0.4, 0.5) is 0 Å². The Kier molecular flexibility index (Phi) is 3.99. The number of aromatic carboxylic acids is 1. The molecular formula is C11H11N3O5S. The van der Waals surface area contributed by atoms with Gasteiger partial charge in [0.25, 0.3) is 10.0 Å². The van der Waals surface area contributed by atoms with Gasteiger partial charge in [0.1, 0.15) is 0 Å². The minimum absolute atomic E-state index is 0.0683. The topological polar surface area (TPSA) is 121 Å². The second kappa shape index (κ2) is 5.54. The Balaban J connectivity index is 2.26. The predicted octanol–water partition coefficient (Wildman–Crippen LogP) is -0.307. The molecule has 1 saturated heterocycles. The molecule has 1 aromatic heterocycles. The van der Waals surface area contributed by atoms with Crippen molar-refractivity contribution in [1.82, 2.24) is 9.29 Å². The van der Waals surface area contributed by atoms with Crippen LogP contribution < -0.4 is 0 Å². The summed E-state index contributed by atoms with van der Waals surface area (Å²) < 4.78 is 30.7. The molecule has 2 heterocycles. The lowest BCUT2D eigenvalue weighted by Gasteiger charge is -2.28. The molecule has 1 aliphatic rings. The lowest BCUT2D eigenvalue weighted by atomic mass is 10.3. The van der Waals surface area contributed by atoms with Gasteiger partial charge in [-0.15, -0.1) is 0 Å². The first-order valence-corrected chi connectivity index (χ1v) is 7.10. The molecule has 1 fully saturated rings. The summed E-state index contributed by atoms with van der Waals surface area (Å²) in [6, 6.07) is 4.16. The van der Waals surface area contributed by atoms with E-state index in [4.69, 9.17) is 15.1 Å². The van der Waals surface area contributed by atoms with Gasteiger partial charge in [0.05, 0.1) is 24.8 Å². The molecule has 0 radical (unpaired) electrons. The third-order valence-corrected chi connectivity index (χ3v) is 4.54. The van der Waals surface area contributed by atoms with E-state index in [2.05, 4.69) is 4.98 Å². The Bertz CT molecular complexity index is 650. The summed E-state index contributed by atoms with van der Waals surface area (Å²) in [5.74, 6) is -1.18. The number of pyridine rings is 1. The maximum atomic E-state index is 12.3. The monoisotopic (exact) mass is 297 g/mol. The van der Waals surface area contributed by atoms with Gasteiger partial charge >= 0.3 is 5.97 Å². The van der Waals surface area contributed by atoms with Crippen LogP contribution in [-0.2, 0) is 14.8 Å². The fourth-order valence-corrected chi connectivity index (χ4v) is 3.05. The highest BCUT2D eigenvalue weighted by atomic mass is 32.2. The molecule has 0 saturated carbocycles. The van der Waals surface area contributed by atoms with Gasteiger partial charge in [-0.05, 0) is 12.1 Å². The van der Waals surface area contributed by atoms with Crippen LogP contribution in [0.3, 0.4) is 0 Å². The van der Waals surface area contributed by atoms with Crippen molar-refractivity contribution < 1.29 is 23.1 Å². The van der Waals surface area contributed by atoms with Crippen LogP contribution in [-0.4, -0.2) is 54.6 Å². The van der Waals surface area contributed by atoms with E-state index in [0.717, 1.165) is 16.6 Å². The van der Waals surface area contributed by atoms with Crippen LogP contribution >= 0.6 is 0 Å². The first-order valence-electron chi connectivity index (χ1n) is 5.66. The molecule has 0 bridgehead atoms. The quantitative estimate of drug-likeness (QED) is 0.812.